The molecule has 1 unspecified atom stereocenters. The molecular formula is C15H21NO3S. The van der Waals surface area contributed by atoms with E-state index in [4.69, 9.17) is 9.47 Å². The first-order valence-corrected chi connectivity index (χ1v) is 8.08. The van der Waals surface area contributed by atoms with Crippen LogP contribution in [0.5, 0.6) is 11.5 Å². The van der Waals surface area contributed by atoms with Crippen LogP contribution in [0.4, 0.5) is 0 Å². The molecule has 2 aliphatic rings. The van der Waals surface area contributed by atoms with Gasteiger partial charge in [0.15, 0.2) is 11.5 Å². The topological polar surface area (TPSA) is 50.7 Å². The molecule has 1 aliphatic carbocycles. The maximum atomic E-state index is 9.74. The molecule has 5 heteroatoms. The fraction of sp³-hybridized carbons (Fsp3) is 0.600. The fourth-order valence-corrected chi connectivity index (χ4v) is 3.86. The Morgan fingerprint density at radius 3 is 2.70 bits per heavy atom. The Morgan fingerprint density at radius 1 is 1.30 bits per heavy atom. The van der Waals surface area contributed by atoms with E-state index in [1.807, 2.05) is 19.2 Å². The molecule has 1 atom stereocenters. The lowest BCUT2D eigenvalue weighted by atomic mass is 9.97. The summed E-state index contributed by atoms with van der Waals surface area (Å²) in [5.74, 6) is 3.11. The van der Waals surface area contributed by atoms with E-state index in [0.717, 1.165) is 22.1 Å². The minimum absolute atomic E-state index is 0.155. The van der Waals surface area contributed by atoms with Crippen molar-refractivity contribution < 1.29 is 14.6 Å². The molecule has 1 aliphatic heterocycles. The van der Waals surface area contributed by atoms with Gasteiger partial charge in [0.2, 0.25) is 0 Å². The highest BCUT2D eigenvalue weighted by Gasteiger charge is 2.43. The zero-order chi connectivity index (χ0) is 14.0. The summed E-state index contributed by atoms with van der Waals surface area (Å²) >= 11 is 1.76. The van der Waals surface area contributed by atoms with E-state index < -0.39 is 0 Å². The van der Waals surface area contributed by atoms with Gasteiger partial charge < -0.3 is 19.9 Å². The summed E-state index contributed by atoms with van der Waals surface area (Å²) in [6.45, 7) is 1.42. The van der Waals surface area contributed by atoms with Gasteiger partial charge in [0, 0.05) is 10.6 Å². The lowest BCUT2D eigenvalue weighted by Crippen LogP contribution is -2.51. The molecule has 1 fully saturated rings. The number of likely N-dealkylation sites (N-methyl/N-ethyl adjacent to an activating group) is 1. The average molecular weight is 295 g/mol. The van der Waals surface area contributed by atoms with Crippen molar-refractivity contribution in [3.63, 3.8) is 0 Å². The summed E-state index contributed by atoms with van der Waals surface area (Å²) in [6, 6.07) is 6.06. The summed E-state index contributed by atoms with van der Waals surface area (Å²) in [6.07, 6.45) is 2.42. The Hall–Kier alpha value is -0.910. The van der Waals surface area contributed by atoms with Crippen LogP contribution in [0.15, 0.2) is 23.1 Å². The van der Waals surface area contributed by atoms with E-state index in [2.05, 4.69) is 11.4 Å². The predicted molar refractivity (Wildman–Crippen MR) is 79.8 cm³/mol. The van der Waals surface area contributed by atoms with Crippen molar-refractivity contribution >= 4 is 11.8 Å². The Balaban J connectivity index is 1.68. The second-order valence-corrected chi connectivity index (χ2v) is 6.48. The number of hydrogen-bond donors (Lipinski definition) is 2. The Bertz CT molecular complexity index is 472. The van der Waals surface area contributed by atoms with Crippen LogP contribution < -0.4 is 14.8 Å². The molecule has 1 saturated carbocycles. The summed E-state index contributed by atoms with van der Waals surface area (Å²) in [7, 11) is 1.94. The first-order valence-electron chi connectivity index (χ1n) is 7.09. The summed E-state index contributed by atoms with van der Waals surface area (Å²) in [5, 5.41) is 13.1. The van der Waals surface area contributed by atoms with E-state index in [-0.39, 0.29) is 12.1 Å². The lowest BCUT2D eigenvalue weighted by molar-refractivity contribution is 0.167. The smallest absolute Gasteiger partial charge is 0.162 e. The second kappa shape index (κ2) is 5.84. The minimum atomic E-state index is -0.155. The molecule has 0 radical (unpaired) electrons. The molecule has 0 saturated heterocycles. The van der Waals surface area contributed by atoms with E-state index in [1.165, 1.54) is 12.8 Å². The fourth-order valence-electron chi connectivity index (χ4n) is 2.61. The Morgan fingerprint density at radius 2 is 2.05 bits per heavy atom. The van der Waals surface area contributed by atoms with Gasteiger partial charge in [-0.1, -0.05) is 0 Å². The molecule has 1 heterocycles. The van der Waals surface area contributed by atoms with Crippen molar-refractivity contribution in [2.75, 3.05) is 32.6 Å². The van der Waals surface area contributed by atoms with Crippen molar-refractivity contribution in [1.29, 1.82) is 0 Å². The van der Waals surface area contributed by atoms with Crippen LogP contribution in [0.3, 0.4) is 0 Å². The second-order valence-electron chi connectivity index (χ2n) is 5.43. The van der Waals surface area contributed by atoms with Crippen LogP contribution in [-0.2, 0) is 0 Å². The number of nitrogens with one attached hydrogen (secondary N) is 1. The van der Waals surface area contributed by atoms with Gasteiger partial charge in [0.05, 0.1) is 12.1 Å². The summed E-state index contributed by atoms with van der Waals surface area (Å²) < 4.78 is 11.1. The van der Waals surface area contributed by atoms with Gasteiger partial charge >= 0.3 is 0 Å². The standard InChI is InChI=1S/C15H21NO3S/c1-16-15(9-17,11-2-3-11)10-20-12-4-5-13-14(8-12)19-7-6-18-13/h4-5,8,11,16-17H,2-3,6-7,9-10H2,1H3. The molecule has 3 rings (SSSR count). The SMILES string of the molecule is CNC(CO)(CSc1ccc2c(c1)OCCO2)C1CC1. The van der Waals surface area contributed by atoms with Gasteiger partial charge in [-0.15, -0.1) is 11.8 Å². The van der Waals surface area contributed by atoms with E-state index in [1.54, 1.807) is 11.8 Å². The van der Waals surface area contributed by atoms with E-state index >= 15 is 0 Å². The number of rotatable bonds is 6. The molecule has 1 aromatic rings. The Labute approximate surface area is 123 Å². The molecule has 0 bridgehead atoms. The van der Waals surface area contributed by atoms with E-state index in [9.17, 15) is 5.11 Å². The zero-order valence-electron chi connectivity index (χ0n) is 11.7. The maximum absolute atomic E-state index is 9.74. The zero-order valence-corrected chi connectivity index (χ0v) is 12.5. The van der Waals surface area contributed by atoms with Gasteiger partial charge in [-0.3, -0.25) is 0 Å². The van der Waals surface area contributed by atoms with Gasteiger partial charge in [-0.25, -0.2) is 0 Å². The Kier molecular flexibility index (Phi) is 4.10. The molecule has 4 nitrogen and oxygen atoms in total. The molecule has 0 spiro atoms. The van der Waals surface area contributed by atoms with Gasteiger partial charge in [0.25, 0.3) is 0 Å². The highest BCUT2D eigenvalue weighted by Crippen LogP contribution is 2.43. The number of thioether (sulfide) groups is 1. The van der Waals surface area contributed by atoms with Crippen LogP contribution >= 0.6 is 11.8 Å². The normalized spacial score (nSPS) is 20.5. The van der Waals surface area contributed by atoms with Crippen LogP contribution in [0.2, 0.25) is 0 Å². The van der Waals surface area contributed by atoms with Crippen molar-refractivity contribution in [1.82, 2.24) is 5.32 Å². The van der Waals surface area contributed by atoms with Crippen molar-refractivity contribution in [3.8, 4) is 11.5 Å². The molecule has 1 aromatic carbocycles. The van der Waals surface area contributed by atoms with Crippen LogP contribution in [0, 0.1) is 5.92 Å². The quantitative estimate of drug-likeness (QED) is 0.785. The van der Waals surface area contributed by atoms with Gasteiger partial charge in [-0.05, 0) is 44.0 Å². The molecule has 20 heavy (non-hydrogen) atoms. The van der Waals surface area contributed by atoms with Crippen molar-refractivity contribution in [2.24, 2.45) is 5.92 Å². The third-order valence-corrected chi connectivity index (χ3v) is 5.40. The highest BCUT2D eigenvalue weighted by atomic mass is 32.2. The lowest BCUT2D eigenvalue weighted by Gasteiger charge is -2.31. The predicted octanol–water partition coefficient (Wildman–Crippen LogP) is 1.91. The first kappa shape index (κ1) is 14.0. The number of aliphatic hydroxyl groups is 1. The molecule has 2 N–H and O–H groups in total. The number of fused-ring (bicyclic) bond motifs is 1. The minimum Gasteiger partial charge on any atom is -0.486 e. The largest absolute Gasteiger partial charge is 0.486 e. The molecular weight excluding hydrogens is 274 g/mol. The van der Waals surface area contributed by atoms with Crippen LogP contribution in [0.25, 0.3) is 0 Å². The number of hydrogen-bond acceptors (Lipinski definition) is 5. The highest BCUT2D eigenvalue weighted by molar-refractivity contribution is 7.99. The maximum Gasteiger partial charge on any atom is 0.162 e. The van der Waals surface area contributed by atoms with Crippen LogP contribution in [0.1, 0.15) is 12.8 Å². The first-order chi connectivity index (χ1) is 9.77. The van der Waals surface area contributed by atoms with Crippen molar-refractivity contribution in [2.45, 2.75) is 23.3 Å². The third kappa shape index (κ3) is 2.75. The van der Waals surface area contributed by atoms with Crippen LogP contribution in [-0.4, -0.2) is 43.3 Å². The summed E-state index contributed by atoms with van der Waals surface area (Å²) in [5.41, 5.74) is -0.155. The number of ether oxygens (including phenoxy) is 2. The summed E-state index contributed by atoms with van der Waals surface area (Å²) in [4.78, 5) is 1.16. The average Bonchev–Trinajstić information content (AvgIpc) is 3.34. The molecule has 110 valence electrons. The van der Waals surface area contributed by atoms with E-state index in [0.29, 0.717) is 19.1 Å². The molecule has 0 aromatic heterocycles. The monoisotopic (exact) mass is 295 g/mol. The third-order valence-electron chi connectivity index (χ3n) is 4.15. The van der Waals surface area contributed by atoms with Gasteiger partial charge in [0.1, 0.15) is 13.2 Å². The number of aliphatic hydroxyl groups excluding tert-OH is 1. The molecule has 0 amide bonds. The van der Waals surface area contributed by atoms with Gasteiger partial charge in [-0.2, -0.15) is 0 Å². The van der Waals surface area contributed by atoms with Crippen molar-refractivity contribution in [3.05, 3.63) is 18.2 Å². The number of benzene rings is 1.